The summed E-state index contributed by atoms with van der Waals surface area (Å²) in [6, 6.07) is 5.73. The minimum Gasteiger partial charge on any atom is -0.466 e. The van der Waals surface area contributed by atoms with Gasteiger partial charge in [-0.1, -0.05) is 38.0 Å². The number of pyridine rings is 1. The molecule has 2 heterocycles. The minimum absolute atomic E-state index is 0.0253. The largest absolute Gasteiger partial charge is 0.466 e. The van der Waals surface area contributed by atoms with Gasteiger partial charge in [-0.05, 0) is 43.2 Å². The van der Waals surface area contributed by atoms with Crippen LogP contribution in [0.25, 0.3) is 38.0 Å². The van der Waals surface area contributed by atoms with Crippen LogP contribution < -0.4 is 4.57 Å². The van der Waals surface area contributed by atoms with Gasteiger partial charge >= 0.3 is 0 Å². The summed E-state index contributed by atoms with van der Waals surface area (Å²) < 4.78 is 98.7. The first-order valence-corrected chi connectivity index (χ1v) is 9.07. The summed E-state index contributed by atoms with van der Waals surface area (Å²) in [5.74, 6) is -2.47. The first-order valence-electron chi connectivity index (χ1n) is 14.6. The zero-order valence-electron chi connectivity index (χ0n) is 27.6. The number of furan rings is 1. The number of aromatic nitrogens is 1. The molecule has 3 nitrogen and oxygen atoms in total. The quantitative estimate of drug-likeness (QED) is 0.265. The Hall–Kier alpha value is -3.12. The average Bonchev–Trinajstić information content (AvgIpc) is 3.19. The maximum absolute atomic E-state index is 9.20. The standard InChI is InChI=1S/C26H27N2O/c1-14(2)20-13-22(28(8)18(6)17(20)5)24-16(4)12-15(3)23-19-10-9-11-21(27-7)25(19)29-26(23)24/h9-14H,1-6,8H3/q+1/i1D3,3D3,5D3,13D,14D. The minimum atomic E-state index is -2.98. The van der Waals surface area contributed by atoms with Crippen molar-refractivity contribution in [3.8, 4) is 11.3 Å². The Morgan fingerprint density at radius 3 is 2.76 bits per heavy atom. The number of hydrogen-bond donors (Lipinski definition) is 0. The van der Waals surface area contributed by atoms with Crippen LogP contribution in [0.4, 0.5) is 5.69 Å². The van der Waals surface area contributed by atoms with Crippen molar-refractivity contribution < 1.29 is 24.1 Å². The lowest BCUT2D eigenvalue weighted by molar-refractivity contribution is -0.667. The molecule has 29 heavy (non-hydrogen) atoms. The summed E-state index contributed by atoms with van der Waals surface area (Å²) in [5.41, 5.74) is 0.276. The molecular formula is C26H27N2O+. The highest BCUT2D eigenvalue weighted by Crippen LogP contribution is 2.42. The van der Waals surface area contributed by atoms with E-state index in [1.165, 1.54) is 30.7 Å². The lowest BCUT2D eigenvalue weighted by Crippen LogP contribution is -2.36. The summed E-state index contributed by atoms with van der Waals surface area (Å²) in [4.78, 5) is 3.50. The summed E-state index contributed by atoms with van der Waals surface area (Å²) in [7, 11) is 1.52. The van der Waals surface area contributed by atoms with Gasteiger partial charge in [0.05, 0.1) is 13.5 Å². The van der Waals surface area contributed by atoms with E-state index >= 15 is 0 Å². The van der Waals surface area contributed by atoms with E-state index in [9.17, 15) is 1.37 Å². The monoisotopic (exact) mass is 394 g/mol. The van der Waals surface area contributed by atoms with Gasteiger partial charge in [0.15, 0.2) is 5.69 Å². The van der Waals surface area contributed by atoms with Gasteiger partial charge in [-0.3, -0.25) is 0 Å². The maximum atomic E-state index is 9.20. The van der Waals surface area contributed by atoms with Gasteiger partial charge in [0, 0.05) is 43.0 Å². The molecule has 0 fully saturated rings. The lowest BCUT2D eigenvalue weighted by Gasteiger charge is -2.15. The first kappa shape index (κ1) is 10.1. The van der Waals surface area contributed by atoms with Crippen LogP contribution in [0.5, 0.6) is 0 Å². The molecule has 0 aliphatic carbocycles. The number of rotatable bonds is 2. The van der Waals surface area contributed by atoms with Crippen LogP contribution in [0.1, 0.15) is 62.7 Å². The van der Waals surface area contributed by atoms with Crippen LogP contribution in [0, 0.1) is 34.1 Å². The predicted octanol–water partition coefficient (Wildman–Crippen LogP) is 6.99. The van der Waals surface area contributed by atoms with E-state index in [0.717, 1.165) is 6.92 Å². The second-order valence-corrected chi connectivity index (χ2v) is 7.18. The third-order valence-electron chi connectivity index (χ3n) is 5.37. The van der Waals surface area contributed by atoms with Crippen molar-refractivity contribution in [2.45, 2.75) is 47.2 Å². The third-order valence-corrected chi connectivity index (χ3v) is 5.37. The zero-order valence-corrected chi connectivity index (χ0v) is 16.6. The SMILES string of the molecule is [2H]c1c(C([2H])(C)C([2H])([2H])[2H])c(C([2H])([2H])[2H])c(C)[n+](C)c1-c1c(C)cc(C([2H])([2H])[2H])c2c1oc1c([N+]#[C-])cccc12. The molecule has 2 aromatic heterocycles. The molecule has 0 spiro atoms. The van der Waals surface area contributed by atoms with Crippen molar-refractivity contribution in [3.63, 3.8) is 0 Å². The van der Waals surface area contributed by atoms with E-state index in [-0.39, 0.29) is 44.8 Å². The van der Waals surface area contributed by atoms with E-state index < -0.39 is 43.6 Å². The Labute approximate surface area is 187 Å². The summed E-state index contributed by atoms with van der Waals surface area (Å²) in [5, 5.41) is 0.595. The molecule has 0 saturated heterocycles. The maximum Gasteiger partial charge on any atom is 0.229 e. The predicted molar refractivity (Wildman–Crippen MR) is 120 cm³/mol. The third kappa shape index (κ3) is 2.75. The van der Waals surface area contributed by atoms with E-state index in [1.807, 2.05) is 0 Å². The Bertz CT molecular complexity index is 1730. The molecule has 0 saturated carbocycles. The van der Waals surface area contributed by atoms with Crippen LogP contribution >= 0.6 is 0 Å². The fraction of sp³-hybridized carbons (Fsp3) is 0.308. The molecule has 4 rings (SSSR count). The van der Waals surface area contributed by atoms with Crippen molar-refractivity contribution >= 4 is 27.6 Å². The van der Waals surface area contributed by atoms with E-state index in [4.69, 9.17) is 24.7 Å². The van der Waals surface area contributed by atoms with Crippen LogP contribution in [-0.2, 0) is 7.05 Å². The number of hydrogen-bond acceptors (Lipinski definition) is 1. The van der Waals surface area contributed by atoms with E-state index in [0.29, 0.717) is 10.9 Å². The van der Waals surface area contributed by atoms with Crippen LogP contribution in [0.3, 0.4) is 0 Å². The van der Waals surface area contributed by atoms with Crippen molar-refractivity contribution in [2.24, 2.45) is 7.05 Å². The zero-order chi connectivity index (χ0) is 30.3. The highest BCUT2D eigenvalue weighted by atomic mass is 16.3. The summed E-state index contributed by atoms with van der Waals surface area (Å²) in [6.45, 7) is 3.34. The second-order valence-electron chi connectivity index (χ2n) is 7.18. The van der Waals surface area contributed by atoms with Crippen molar-refractivity contribution in [2.75, 3.05) is 0 Å². The molecule has 0 aliphatic heterocycles. The fourth-order valence-corrected chi connectivity index (χ4v) is 3.76. The molecule has 1 unspecified atom stereocenters. The van der Waals surface area contributed by atoms with Gasteiger partial charge in [-0.2, -0.15) is 4.57 Å². The molecule has 1 atom stereocenters. The van der Waals surface area contributed by atoms with E-state index in [2.05, 4.69) is 4.85 Å². The van der Waals surface area contributed by atoms with E-state index in [1.54, 1.807) is 19.1 Å². The molecule has 0 bridgehead atoms. The molecule has 2 aromatic carbocycles. The Kier molecular flexibility index (Phi) is 2.34. The molecule has 4 aromatic rings. The van der Waals surface area contributed by atoms with Crippen LogP contribution in [0.2, 0.25) is 0 Å². The summed E-state index contributed by atoms with van der Waals surface area (Å²) in [6.07, 6.45) is 0. The average molecular weight is 395 g/mol. The highest BCUT2D eigenvalue weighted by Gasteiger charge is 2.26. The lowest BCUT2D eigenvalue weighted by atomic mass is 9.92. The molecule has 0 N–H and O–H groups in total. The molecule has 3 heteroatoms. The fourth-order valence-electron chi connectivity index (χ4n) is 3.76. The Morgan fingerprint density at radius 1 is 1.24 bits per heavy atom. The molecule has 0 aliphatic rings. The van der Waals surface area contributed by atoms with Gasteiger partial charge in [0.25, 0.3) is 0 Å². The number of aryl methyl sites for hydroxylation is 2. The van der Waals surface area contributed by atoms with Crippen LogP contribution in [0.15, 0.2) is 34.7 Å². The Balaban J connectivity index is 2.33. The molecule has 0 amide bonds. The molecule has 146 valence electrons. The smallest absolute Gasteiger partial charge is 0.229 e. The van der Waals surface area contributed by atoms with Crippen molar-refractivity contribution in [1.82, 2.24) is 0 Å². The summed E-state index contributed by atoms with van der Waals surface area (Å²) >= 11 is 0. The number of nitrogens with zero attached hydrogens (tertiary/aromatic N) is 2. The van der Waals surface area contributed by atoms with Gasteiger partial charge in [-0.25, -0.2) is 4.85 Å². The second kappa shape index (κ2) is 6.74. The Morgan fingerprint density at radius 2 is 2.07 bits per heavy atom. The van der Waals surface area contributed by atoms with Crippen molar-refractivity contribution in [1.29, 1.82) is 0 Å². The highest BCUT2D eigenvalue weighted by molar-refractivity contribution is 6.14. The van der Waals surface area contributed by atoms with Gasteiger partial charge in [0.1, 0.15) is 18.2 Å². The molecular weight excluding hydrogens is 356 g/mol. The van der Waals surface area contributed by atoms with Gasteiger partial charge in [-0.15, -0.1) is 0 Å². The van der Waals surface area contributed by atoms with Crippen molar-refractivity contribution in [3.05, 3.63) is 69.7 Å². The van der Waals surface area contributed by atoms with Gasteiger partial charge < -0.3 is 4.42 Å². The normalized spacial score (nSPS) is 20.4. The van der Waals surface area contributed by atoms with Crippen LogP contribution in [-0.4, -0.2) is 0 Å². The molecule has 0 radical (unpaired) electrons. The number of para-hydroxylation sites is 1. The van der Waals surface area contributed by atoms with Gasteiger partial charge in [0.2, 0.25) is 11.4 Å². The topological polar surface area (TPSA) is 21.4 Å². The number of benzene rings is 2. The first-order chi connectivity index (χ1) is 18.2. The number of fused-ring (bicyclic) bond motifs is 3.